The second-order valence-corrected chi connectivity index (χ2v) is 6.61. The largest absolute Gasteiger partial charge is 0.400 e. The van der Waals surface area contributed by atoms with Crippen LogP contribution in [0.2, 0.25) is 0 Å². The van der Waals surface area contributed by atoms with Gasteiger partial charge in [0, 0.05) is 26.1 Å². The summed E-state index contributed by atoms with van der Waals surface area (Å²) >= 11 is 3.33. The molecule has 1 aromatic carbocycles. The highest BCUT2D eigenvalue weighted by atomic mass is 79.9. The number of nitrogens with one attached hydrogen (secondary N) is 2. The third-order valence-electron chi connectivity index (χ3n) is 2.57. The number of anilines is 3. The smallest absolute Gasteiger partial charge is 0.238 e. The quantitative estimate of drug-likeness (QED) is 0.473. The topological polar surface area (TPSA) is 157 Å². The van der Waals surface area contributed by atoms with Crippen LogP contribution >= 0.6 is 15.9 Å². The van der Waals surface area contributed by atoms with Crippen LogP contribution in [0.5, 0.6) is 0 Å². The van der Waals surface area contributed by atoms with Crippen LogP contribution in [0.4, 0.5) is 17.5 Å². The summed E-state index contributed by atoms with van der Waals surface area (Å²) in [5.41, 5.74) is 0.632. The van der Waals surface area contributed by atoms with Crippen molar-refractivity contribution in [3.8, 4) is 0 Å². The number of aromatic nitrogens is 2. The number of sulfonamides is 1. The zero-order valence-electron chi connectivity index (χ0n) is 14.1. The van der Waals surface area contributed by atoms with Gasteiger partial charge in [0.15, 0.2) is 0 Å². The first-order valence-corrected chi connectivity index (χ1v) is 9.13. The third-order valence-corrected chi connectivity index (χ3v) is 4.08. The van der Waals surface area contributed by atoms with Gasteiger partial charge in [-0.25, -0.2) is 18.5 Å². The molecule has 0 aliphatic heterocycles. The molecule has 0 saturated heterocycles. The Hall–Kier alpha value is -2.12. The highest BCUT2D eigenvalue weighted by molar-refractivity contribution is 9.10. The van der Waals surface area contributed by atoms with E-state index in [-0.39, 0.29) is 4.90 Å². The van der Waals surface area contributed by atoms with Crippen molar-refractivity contribution >= 4 is 50.2 Å². The molecule has 2 aromatic rings. The van der Waals surface area contributed by atoms with E-state index in [4.69, 9.17) is 19.8 Å². The van der Waals surface area contributed by atoms with E-state index in [0.29, 0.717) is 28.7 Å². The van der Waals surface area contributed by atoms with Gasteiger partial charge in [0.1, 0.15) is 19.3 Å². The predicted molar refractivity (Wildman–Crippen MR) is 102 cm³/mol. The molecule has 144 valence electrons. The summed E-state index contributed by atoms with van der Waals surface area (Å²) in [5, 5.41) is 18.0. The van der Waals surface area contributed by atoms with Crippen LogP contribution in [0, 0.1) is 0 Å². The number of aliphatic hydroxyl groups is 1. The molecule has 0 spiro atoms. The average Bonchev–Trinajstić information content (AvgIpc) is 2.65. The van der Waals surface area contributed by atoms with Crippen molar-refractivity contribution in [2.45, 2.75) is 4.90 Å². The highest BCUT2D eigenvalue weighted by Crippen LogP contribution is 2.22. The van der Waals surface area contributed by atoms with Crippen LogP contribution in [0.15, 0.2) is 39.8 Å². The summed E-state index contributed by atoms with van der Waals surface area (Å²) in [6.07, 6.45) is 1.59. The molecule has 0 unspecified atom stereocenters. The second-order valence-electron chi connectivity index (χ2n) is 4.19. The lowest BCUT2D eigenvalue weighted by Crippen LogP contribution is -2.12. The number of aliphatic hydroxyl groups excluding tert-OH is 1. The van der Waals surface area contributed by atoms with Crippen molar-refractivity contribution in [1.82, 2.24) is 9.97 Å². The molecule has 10 nitrogen and oxygen atoms in total. The predicted octanol–water partition coefficient (Wildman–Crippen LogP) is 1.07. The summed E-state index contributed by atoms with van der Waals surface area (Å²) in [4.78, 5) is 16.4. The third kappa shape index (κ3) is 7.84. The lowest BCUT2D eigenvalue weighted by molar-refractivity contribution is -0.0980. The molecule has 1 aromatic heterocycles. The number of carbonyl (C=O) groups excluding carboxylic acids is 1. The van der Waals surface area contributed by atoms with Crippen LogP contribution in [0.1, 0.15) is 0 Å². The minimum absolute atomic E-state index is 0.0391. The van der Waals surface area contributed by atoms with Gasteiger partial charge in [-0.1, -0.05) is 0 Å². The van der Waals surface area contributed by atoms with Gasteiger partial charge in [0.05, 0.1) is 9.37 Å². The average molecular weight is 450 g/mol. The van der Waals surface area contributed by atoms with Gasteiger partial charge in [0.2, 0.25) is 16.0 Å². The molecule has 1 heterocycles. The molecular formula is C14H20BrN5O5S. The maximum absolute atomic E-state index is 11.2. The molecule has 0 aliphatic carbocycles. The number of halogens is 1. The zero-order valence-corrected chi connectivity index (χ0v) is 16.5. The van der Waals surface area contributed by atoms with E-state index in [2.05, 4.69) is 36.5 Å². The molecule has 2 rings (SSSR count). The van der Waals surface area contributed by atoms with Gasteiger partial charge < -0.3 is 25.3 Å². The number of primary sulfonamides is 1. The van der Waals surface area contributed by atoms with Crippen LogP contribution in [-0.4, -0.2) is 51.2 Å². The Balaban J connectivity index is 0.00000146. The van der Waals surface area contributed by atoms with Crippen molar-refractivity contribution in [2.75, 3.05) is 31.6 Å². The molecule has 0 fully saturated rings. The van der Waals surface area contributed by atoms with Crippen molar-refractivity contribution in [2.24, 2.45) is 5.14 Å². The maximum atomic E-state index is 11.2. The molecular weight excluding hydrogens is 430 g/mol. The van der Waals surface area contributed by atoms with Gasteiger partial charge in [-0.3, -0.25) is 0 Å². The number of benzene rings is 1. The van der Waals surface area contributed by atoms with Gasteiger partial charge >= 0.3 is 0 Å². The summed E-state index contributed by atoms with van der Waals surface area (Å²) in [5.74, 6) is 0.922. The van der Waals surface area contributed by atoms with Gasteiger partial charge in [-0.2, -0.15) is 4.98 Å². The van der Waals surface area contributed by atoms with E-state index in [1.54, 1.807) is 25.4 Å². The van der Waals surface area contributed by atoms with Crippen LogP contribution < -0.4 is 15.8 Å². The van der Waals surface area contributed by atoms with E-state index in [1.807, 2.05) is 6.79 Å². The SMILES string of the molecule is C=O.CO.COCNc1nc(Nc2ccc(S(N)(=O)=O)cc2)ncc1Br. The standard InChI is InChI=1S/C12H14BrN5O3S.CH4O.CH2O/c1-21-7-16-11-10(13)6-15-12(18-11)17-8-2-4-9(5-3-8)22(14,19)20;2*1-2/h2-6H,7H2,1H3,(H2,14,19,20)(H2,15,16,17,18);2H,1H3;1H2. The minimum Gasteiger partial charge on any atom is -0.400 e. The van der Waals surface area contributed by atoms with Crippen LogP contribution in [-0.2, 0) is 19.6 Å². The first kappa shape index (κ1) is 23.9. The number of carbonyl (C=O) groups is 1. The Labute approximate surface area is 160 Å². The van der Waals surface area contributed by atoms with E-state index in [0.717, 1.165) is 7.11 Å². The fourth-order valence-electron chi connectivity index (χ4n) is 1.55. The summed E-state index contributed by atoms with van der Waals surface area (Å²) < 4.78 is 28.0. The first-order valence-electron chi connectivity index (χ1n) is 6.79. The molecule has 0 atom stereocenters. The minimum atomic E-state index is -3.70. The van der Waals surface area contributed by atoms with Gasteiger partial charge in [-0.15, -0.1) is 0 Å². The van der Waals surface area contributed by atoms with E-state index >= 15 is 0 Å². The van der Waals surface area contributed by atoms with Crippen molar-refractivity contribution in [3.63, 3.8) is 0 Å². The molecule has 26 heavy (non-hydrogen) atoms. The zero-order chi connectivity index (χ0) is 20.2. The molecule has 0 saturated carbocycles. The van der Waals surface area contributed by atoms with E-state index < -0.39 is 10.0 Å². The summed E-state index contributed by atoms with van der Waals surface area (Å²) in [7, 11) is -1.14. The summed E-state index contributed by atoms with van der Waals surface area (Å²) in [6, 6.07) is 5.96. The fraction of sp³-hybridized carbons (Fsp3) is 0.214. The molecule has 0 bridgehead atoms. The lowest BCUT2D eigenvalue weighted by atomic mass is 10.3. The van der Waals surface area contributed by atoms with Crippen LogP contribution in [0.25, 0.3) is 0 Å². The molecule has 12 heteroatoms. The van der Waals surface area contributed by atoms with Crippen molar-refractivity contribution < 1.29 is 23.1 Å². The molecule has 0 radical (unpaired) electrons. The monoisotopic (exact) mass is 449 g/mol. The second kappa shape index (κ2) is 12.3. The number of rotatable bonds is 6. The number of ether oxygens (including phenoxy) is 1. The Morgan fingerprint density at radius 2 is 1.85 bits per heavy atom. The van der Waals surface area contributed by atoms with Gasteiger partial charge in [-0.05, 0) is 40.2 Å². The van der Waals surface area contributed by atoms with Crippen LogP contribution in [0.3, 0.4) is 0 Å². The Kier molecular flexibility index (Phi) is 11.3. The highest BCUT2D eigenvalue weighted by Gasteiger charge is 2.08. The number of hydrogen-bond donors (Lipinski definition) is 4. The molecule has 0 aliphatic rings. The normalized spacial score (nSPS) is 9.88. The molecule has 0 amide bonds. The summed E-state index contributed by atoms with van der Waals surface area (Å²) in [6.45, 7) is 2.30. The fourth-order valence-corrected chi connectivity index (χ4v) is 2.40. The number of methoxy groups -OCH3 is 1. The van der Waals surface area contributed by atoms with Crippen molar-refractivity contribution in [3.05, 3.63) is 34.9 Å². The first-order chi connectivity index (χ1) is 12.4. The Bertz CT molecular complexity index is 774. The number of nitrogens with two attached hydrogens (primary N) is 1. The van der Waals surface area contributed by atoms with Crippen molar-refractivity contribution in [1.29, 1.82) is 0 Å². The number of hydrogen-bond acceptors (Lipinski definition) is 9. The van der Waals surface area contributed by atoms with Gasteiger partial charge in [0.25, 0.3) is 0 Å². The van der Waals surface area contributed by atoms with E-state index in [1.165, 1.54) is 12.1 Å². The Morgan fingerprint density at radius 1 is 1.27 bits per heavy atom. The lowest BCUT2D eigenvalue weighted by Gasteiger charge is -2.09. The Morgan fingerprint density at radius 3 is 2.35 bits per heavy atom. The maximum Gasteiger partial charge on any atom is 0.238 e. The number of nitrogens with zero attached hydrogens (tertiary/aromatic N) is 2. The van der Waals surface area contributed by atoms with E-state index in [9.17, 15) is 8.42 Å². The molecule has 5 N–H and O–H groups in total.